The third kappa shape index (κ3) is 2.33. The molecule has 20 heavy (non-hydrogen) atoms. The molecular formula is C18H35NO. The van der Waals surface area contributed by atoms with Gasteiger partial charge >= 0.3 is 0 Å². The molecule has 0 aromatic heterocycles. The summed E-state index contributed by atoms with van der Waals surface area (Å²) in [7, 11) is 0. The fraction of sp³-hybridized carbons (Fsp3) is 1.00. The van der Waals surface area contributed by atoms with E-state index in [2.05, 4.69) is 67.6 Å². The second kappa shape index (κ2) is 4.46. The Morgan fingerprint density at radius 1 is 1.00 bits per heavy atom. The van der Waals surface area contributed by atoms with E-state index < -0.39 is 0 Å². The summed E-state index contributed by atoms with van der Waals surface area (Å²) < 4.78 is 6.35. The lowest BCUT2D eigenvalue weighted by Gasteiger charge is -2.35. The Hall–Kier alpha value is -0.0800. The number of rotatable bonds is 4. The quantitative estimate of drug-likeness (QED) is 0.832. The molecule has 0 amide bonds. The lowest BCUT2D eigenvalue weighted by molar-refractivity contribution is -0.0788. The molecule has 2 heteroatoms. The van der Waals surface area contributed by atoms with Gasteiger partial charge in [0.2, 0.25) is 0 Å². The molecule has 2 rings (SSSR count). The molecule has 2 fully saturated rings. The maximum Gasteiger partial charge on any atom is 0.0677 e. The van der Waals surface area contributed by atoms with Crippen LogP contribution in [-0.2, 0) is 4.74 Å². The van der Waals surface area contributed by atoms with Gasteiger partial charge < -0.3 is 10.1 Å². The number of hydrogen-bond acceptors (Lipinski definition) is 2. The van der Waals surface area contributed by atoms with Gasteiger partial charge in [-0.1, -0.05) is 34.6 Å². The number of ether oxygens (including phenoxy) is 1. The Kier molecular flexibility index (Phi) is 3.63. The molecular weight excluding hydrogens is 246 g/mol. The van der Waals surface area contributed by atoms with E-state index in [1.54, 1.807) is 0 Å². The smallest absolute Gasteiger partial charge is 0.0677 e. The molecule has 1 saturated heterocycles. The SMILES string of the molecule is CCNC(C1CC(C)(C)OC1(C)C)C1C(C)(C)C1(C)C. The highest BCUT2D eigenvalue weighted by molar-refractivity contribution is 5.19. The Morgan fingerprint density at radius 3 is 1.80 bits per heavy atom. The van der Waals surface area contributed by atoms with Crippen LogP contribution in [0.3, 0.4) is 0 Å². The van der Waals surface area contributed by atoms with E-state index in [0.717, 1.165) is 18.9 Å². The Bertz CT molecular complexity index is 367. The molecule has 2 nitrogen and oxygen atoms in total. The highest BCUT2D eigenvalue weighted by Crippen LogP contribution is 2.71. The molecule has 0 radical (unpaired) electrons. The van der Waals surface area contributed by atoms with Crippen molar-refractivity contribution in [3.63, 3.8) is 0 Å². The molecule has 0 bridgehead atoms. The van der Waals surface area contributed by atoms with Crippen LogP contribution in [0.1, 0.15) is 68.7 Å². The van der Waals surface area contributed by atoms with Crippen LogP contribution in [0.15, 0.2) is 0 Å². The molecule has 0 aromatic carbocycles. The van der Waals surface area contributed by atoms with Crippen LogP contribution in [0.5, 0.6) is 0 Å². The maximum atomic E-state index is 6.35. The predicted octanol–water partition coefficient (Wildman–Crippen LogP) is 4.24. The summed E-state index contributed by atoms with van der Waals surface area (Å²) in [5, 5.41) is 3.81. The molecule has 2 aliphatic rings. The summed E-state index contributed by atoms with van der Waals surface area (Å²) in [6.45, 7) is 22.0. The van der Waals surface area contributed by atoms with Gasteiger partial charge in [-0.15, -0.1) is 0 Å². The Morgan fingerprint density at radius 2 is 1.50 bits per heavy atom. The molecule has 1 N–H and O–H groups in total. The summed E-state index contributed by atoms with van der Waals surface area (Å²) in [5.74, 6) is 1.32. The standard InChI is InChI=1S/C18H35NO/c1-10-19-13(14-16(4,5)17(14,6)7)12-11-15(2,3)20-18(12,8)9/h12-14,19H,10-11H2,1-9H3. The van der Waals surface area contributed by atoms with Crippen LogP contribution in [0.2, 0.25) is 0 Å². The lowest BCUT2D eigenvalue weighted by atomic mass is 9.78. The molecule has 1 aliphatic heterocycles. The van der Waals surface area contributed by atoms with E-state index in [1.807, 2.05) is 0 Å². The Labute approximate surface area is 126 Å². The van der Waals surface area contributed by atoms with E-state index in [1.165, 1.54) is 0 Å². The van der Waals surface area contributed by atoms with E-state index in [4.69, 9.17) is 4.74 Å². The van der Waals surface area contributed by atoms with Gasteiger partial charge in [0.25, 0.3) is 0 Å². The van der Waals surface area contributed by atoms with Gasteiger partial charge in [-0.25, -0.2) is 0 Å². The highest BCUT2D eigenvalue weighted by atomic mass is 16.5. The summed E-state index contributed by atoms with van der Waals surface area (Å²) in [4.78, 5) is 0. The second-order valence-corrected chi connectivity index (χ2v) is 9.28. The van der Waals surface area contributed by atoms with Gasteiger partial charge in [0.15, 0.2) is 0 Å². The van der Waals surface area contributed by atoms with E-state index in [-0.39, 0.29) is 11.2 Å². The first-order valence-corrected chi connectivity index (χ1v) is 8.30. The van der Waals surface area contributed by atoms with Crippen molar-refractivity contribution in [2.75, 3.05) is 6.54 Å². The van der Waals surface area contributed by atoms with Gasteiger partial charge in [-0.2, -0.15) is 0 Å². The van der Waals surface area contributed by atoms with Crippen molar-refractivity contribution < 1.29 is 4.74 Å². The topological polar surface area (TPSA) is 21.3 Å². The zero-order valence-electron chi connectivity index (χ0n) is 15.1. The first kappa shape index (κ1) is 16.3. The molecule has 0 aromatic rings. The fourth-order valence-electron chi connectivity index (χ4n) is 5.04. The van der Waals surface area contributed by atoms with Crippen LogP contribution in [0.25, 0.3) is 0 Å². The van der Waals surface area contributed by atoms with Crippen molar-refractivity contribution in [3.8, 4) is 0 Å². The van der Waals surface area contributed by atoms with Gasteiger partial charge in [-0.3, -0.25) is 0 Å². The third-order valence-corrected chi connectivity index (χ3v) is 6.51. The van der Waals surface area contributed by atoms with Gasteiger partial charge in [0.1, 0.15) is 0 Å². The minimum Gasteiger partial charge on any atom is -0.369 e. The van der Waals surface area contributed by atoms with Gasteiger partial charge in [0.05, 0.1) is 11.2 Å². The summed E-state index contributed by atoms with van der Waals surface area (Å²) >= 11 is 0. The zero-order chi connectivity index (χ0) is 15.6. The van der Waals surface area contributed by atoms with E-state index in [0.29, 0.717) is 22.8 Å². The largest absolute Gasteiger partial charge is 0.369 e. The average Bonchev–Trinajstić information content (AvgIpc) is 2.51. The zero-order valence-corrected chi connectivity index (χ0v) is 15.1. The molecule has 2 atom stereocenters. The molecule has 1 heterocycles. The van der Waals surface area contributed by atoms with Crippen LogP contribution in [0.4, 0.5) is 0 Å². The van der Waals surface area contributed by atoms with Gasteiger partial charge in [0, 0.05) is 12.0 Å². The van der Waals surface area contributed by atoms with Crippen molar-refractivity contribution in [1.82, 2.24) is 5.32 Å². The van der Waals surface area contributed by atoms with Crippen molar-refractivity contribution in [3.05, 3.63) is 0 Å². The van der Waals surface area contributed by atoms with Crippen molar-refractivity contribution in [2.45, 2.75) is 86.0 Å². The Balaban J connectivity index is 2.27. The fourth-order valence-corrected chi connectivity index (χ4v) is 5.04. The monoisotopic (exact) mass is 281 g/mol. The molecule has 1 aliphatic carbocycles. The maximum absolute atomic E-state index is 6.35. The average molecular weight is 281 g/mol. The lowest BCUT2D eigenvalue weighted by Crippen LogP contribution is -2.46. The summed E-state index contributed by atoms with van der Waals surface area (Å²) in [6.07, 6.45) is 1.15. The summed E-state index contributed by atoms with van der Waals surface area (Å²) in [5.41, 5.74) is 0.807. The first-order chi connectivity index (χ1) is 8.87. The molecule has 0 spiro atoms. The normalized spacial score (nSPS) is 35.0. The molecule has 118 valence electrons. The number of nitrogens with one attached hydrogen (secondary N) is 1. The first-order valence-electron chi connectivity index (χ1n) is 8.30. The van der Waals surface area contributed by atoms with Crippen LogP contribution < -0.4 is 5.32 Å². The van der Waals surface area contributed by atoms with Gasteiger partial charge in [-0.05, 0) is 57.4 Å². The van der Waals surface area contributed by atoms with Crippen LogP contribution in [-0.4, -0.2) is 23.8 Å². The predicted molar refractivity (Wildman–Crippen MR) is 85.9 cm³/mol. The highest BCUT2D eigenvalue weighted by Gasteiger charge is 2.69. The van der Waals surface area contributed by atoms with Crippen molar-refractivity contribution >= 4 is 0 Å². The van der Waals surface area contributed by atoms with Crippen molar-refractivity contribution in [1.29, 1.82) is 0 Å². The summed E-state index contributed by atoms with van der Waals surface area (Å²) in [6, 6.07) is 0.557. The minimum absolute atomic E-state index is 0.00497. The third-order valence-electron chi connectivity index (χ3n) is 6.51. The molecule has 2 unspecified atom stereocenters. The van der Waals surface area contributed by atoms with E-state index >= 15 is 0 Å². The van der Waals surface area contributed by atoms with Crippen molar-refractivity contribution in [2.24, 2.45) is 22.7 Å². The van der Waals surface area contributed by atoms with E-state index in [9.17, 15) is 0 Å². The second-order valence-electron chi connectivity index (χ2n) is 9.28. The van der Waals surface area contributed by atoms with Crippen LogP contribution >= 0.6 is 0 Å². The van der Waals surface area contributed by atoms with Crippen LogP contribution in [0, 0.1) is 22.7 Å². The minimum atomic E-state index is -0.0366. The number of hydrogen-bond donors (Lipinski definition) is 1. The molecule has 1 saturated carbocycles.